The Bertz CT molecular complexity index is 1410. The van der Waals surface area contributed by atoms with Gasteiger partial charge in [-0.2, -0.15) is 0 Å². The van der Waals surface area contributed by atoms with Crippen molar-refractivity contribution in [2.45, 2.75) is 37.9 Å². The Kier molecular flexibility index (Phi) is 8.65. The summed E-state index contributed by atoms with van der Waals surface area (Å²) in [6.07, 6.45) is 0.457. The molecule has 208 valence electrons. The van der Waals surface area contributed by atoms with Crippen LogP contribution in [0.3, 0.4) is 0 Å². The Hall–Kier alpha value is -4.90. The van der Waals surface area contributed by atoms with E-state index in [0.29, 0.717) is 29.9 Å². The Morgan fingerprint density at radius 2 is 1.52 bits per heavy atom. The van der Waals surface area contributed by atoms with Crippen LogP contribution in [-0.2, 0) is 33.8 Å². The number of fused-ring (bicyclic) bond motifs is 1. The van der Waals surface area contributed by atoms with E-state index in [2.05, 4.69) is 16.0 Å². The van der Waals surface area contributed by atoms with E-state index in [4.69, 9.17) is 5.11 Å². The van der Waals surface area contributed by atoms with Gasteiger partial charge >= 0.3 is 18.0 Å². The van der Waals surface area contributed by atoms with E-state index in [0.717, 1.165) is 16.7 Å². The molecule has 11 nitrogen and oxygen atoms in total. The summed E-state index contributed by atoms with van der Waals surface area (Å²) in [4.78, 5) is 50.2. The molecule has 0 bridgehead atoms. The number of carbonyl (C=O) groups excluding carboxylic acids is 2. The second-order valence-corrected chi connectivity index (χ2v) is 9.67. The minimum Gasteiger partial charge on any atom is -0.508 e. The van der Waals surface area contributed by atoms with Crippen LogP contribution in [-0.4, -0.2) is 57.2 Å². The molecule has 3 amide bonds. The monoisotopic (exact) mass is 546 g/mol. The number of hydrogen-bond acceptors (Lipinski definition) is 6. The summed E-state index contributed by atoms with van der Waals surface area (Å²) in [5, 5.41) is 36.1. The van der Waals surface area contributed by atoms with Gasteiger partial charge in [0, 0.05) is 30.8 Å². The number of nitrogens with one attached hydrogen (secondary N) is 3. The molecule has 0 fully saturated rings. The molecule has 0 spiro atoms. The number of aryl methyl sites for hydroxylation is 1. The molecule has 0 aliphatic carbocycles. The maximum Gasteiger partial charge on any atom is 0.326 e. The molecule has 2 unspecified atom stereocenters. The van der Waals surface area contributed by atoms with Gasteiger partial charge in [0.05, 0.1) is 0 Å². The molecule has 6 N–H and O–H groups in total. The van der Waals surface area contributed by atoms with Crippen molar-refractivity contribution in [1.29, 1.82) is 0 Å². The predicted molar refractivity (Wildman–Crippen MR) is 147 cm³/mol. The summed E-state index contributed by atoms with van der Waals surface area (Å²) < 4.78 is 0. The van der Waals surface area contributed by atoms with Gasteiger partial charge < -0.3 is 31.3 Å². The van der Waals surface area contributed by atoms with Gasteiger partial charge in [-0.3, -0.25) is 14.5 Å². The number of carbonyl (C=O) groups is 4. The number of nitrogens with zero attached hydrogens (tertiary/aromatic N) is 1. The lowest BCUT2D eigenvalue weighted by Gasteiger charge is -2.23. The minimum atomic E-state index is -1.16. The summed E-state index contributed by atoms with van der Waals surface area (Å²) in [7, 11) is 1.76. The highest BCUT2D eigenvalue weighted by Gasteiger charge is 2.35. The molecule has 0 aromatic heterocycles. The van der Waals surface area contributed by atoms with E-state index in [9.17, 15) is 29.4 Å². The van der Waals surface area contributed by atoms with Crippen LogP contribution in [0, 0.1) is 0 Å². The van der Waals surface area contributed by atoms with Crippen molar-refractivity contribution in [2.24, 2.45) is 0 Å². The SMILES string of the molecule is CN1Cc2cc(NC(=O)Nc3ccc(O)cc3)ccc2C1C(=O)NC(Cc1ccc(CCC(=O)O)cc1)C(=O)O. The number of anilines is 2. The van der Waals surface area contributed by atoms with Crippen LogP contribution in [0.2, 0.25) is 0 Å². The third kappa shape index (κ3) is 7.14. The van der Waals surface area contributed by atoms with Gasteiger partial charge in [0.15, 0.2) is 0 Å². The molecule has 1 aliphatic rings. The fourth-order valence-electron chi connectivity index (χ4n) is 4.64. The van der Waals surface area contributed by atoms with E-state index in [1.807, 2.05) is 0 Å². The quantitative estimate of drug-likeness (QED) is 0.210. The smallest absolute Gasteiger partial charge is 0.326 e. The number of likely N-dealkylation sites (N-methyl/N-ethyl adjacent to an activating group) is 1. The van der Waals surface area contributed by atoms with Crippen molar-refractivity contribution < 1.29 is 34.5 Å². The van der Waals surface area contributed by atoms with Crippen LogP contribution in [0.15, 0.2) is 66.7 Å². The molecule has 0 saturated carbocycles. The Morgan fingerprint density at radius 1 is 0.900 bits per heavy atom. The summed E-state index contributed by atoms with van der Waals surface area (Å²) in [5.74, 6) is -2.41. The lowest BCUT2D eigenvalue weighted by atomic mass is 10.0. The molecule has 11 heteroatoms. The van der Waals surface area contributed by atoms with E-state index >= 15 is 0 Å². The third-order valence-electron chi connectivity index (χ3n) is 6.63. The van der Waals surface area contributed by atoms with E-state index in [1.54, 1.807) is 66.5 Å². The van der Waals surface area contributed by atoms with Crippen LogP contribution in [0.4, 0.5) is 16.2 Å². The summed E-state index contributed by atoms with van der Waals surface area (Å²) >= 11 is 0. The summed E-state index contributed by atoms with van der Waals surface area (Å²) in [6.45, 7) is 0.429. The predicted octanol–water partition coefficient (Wildman–Crippen LogP) is 3.35. The molecular weight excluding hydrogens is 516 g/mol. The number of carboxylic acids is 2. The van der Waals surface area contributed by atoms with Gasteiger partial charge in [0.25, 0.3) is 0 Å². The third-order valence-corrected chi connectivity index (χ3v) is 6.63. The van der Waals surface area contributed by atoms with Crippen LogP contribution >= 0.6 is 0 Å². The first-order valence-electron chi connectivity index (χ1n) is 12.6. The van der Waals surface area contributed by atoms with Gasteiger partial charge in [-0.25, -0.2) is 9.59 Å². The zero-order chi connectivity index (χ0) is 28.8. The number of carboxylic acid groups (broad SMARTS) is 2. The second kappa shape index (κ2) is 12.3. The Balaban J connectivity index is 1.39. The highest BCUT2D eigenvalue weighted by atomic mass is 16.4. The van der Waals surface area contributed by atoms with Crippen LogP contribution in [0.5, 0.6) is 5.75 Å². The largest absolute Gasteiger partial charge is 0.508 e. The number of phenolic OH excluding ortho intramolecular Hbond substituents is 1. The van der Waals surface area contributed by atoms with Gasteiger partial charge in [0.1, 0.15) is 17.8 Å². The minimum absolute atomic E-state index is 0.00803. The van der Waals surface area contributed by atoms with Gasteiger partial charge in [0.2, 0.25) is 5.91 Å². The van der Waals surface area contributed by atoms with Crippen LogP contribution in [0.25, 0.3) is 0 Å². The van der Waals surface area contributed by atoms with Crippen molar-refractivity contribution in [3.8, 4) is 5.75 Å². The first-order valence-corrected chi connectivity index (χ1v) is 12.6. The highest BCUT2D eigenvalue weighted by Crippen LogP contribution is 2.34. The molecule has 1 aliphatic heterocycles. The van der Waals surface area contributed by atoms with E-state index in [1.165, 1.54) is 12.1 Å². The standard InChI is InChI=1S/C29H30N4O7/c1-33-16-19-15-21(31-29(40)30-20-7-10-22(34)11-8-20)9-12-23(19)26(33)27(37)32-24(28(38)39)14-18-4-2-17(3-5-18)6-13-25(35)36/h2-5,7-12,15,24,26,34H,6,13-14,16H2,1H3,(H,32,37)(H,35,36)(H,38,39)(H2,30,31,40). The lowest BCUT2D eigenvalue weighted by molar-refractivity contribution is -0.142. The normalized spacial score (nSPS) is 15.1. The molecule has 0 radical (unpaired) electrons. The number of amides is 3. The number of aliphatic carboxylic acids is 2. The number of hydrogen-bond donors (Lipinski definition) is 6. The average molecular weight is 547 g/mol. The number of benzene rings is 3. The van der Waals surface area contributed by atoms with E-state index in [-0.39, 0.29) is 18.6 Å². The van der Waals surface area contributed by atoms with Crippen molar-refractivity contribution in [3.05, 3.63) is 89.0 Å². The van der Waals surface area contributed by atoms with Gasteiger partial charge in [-0.05, 0) is 72.1 Å². The summed E-state index contributed by atoms with van der Waals surface area (Å²) in [5.41, 5.74) is 4.12. The molecule has 3 aromatic carbocycles. The molecular formula is C29H30N4O7. The zero-order valence-electron chi connectivity index (χ0n) is 21.8. The summed E-state index contributed by atoms with van der Waals surface area (Å²) in [6, 6.07) is 15.9. The Labute approximate surface area is 230 Å². The maximum absolute atomic E-state index is 13.2. The van der Waals surface area contributed by atoms with Gasteiger partial charge in [-0.15, -0.1) is 0 Å². The van der Waals surface area contributed by atoms with Crippen molar-refractivity contribution in [3.63, 3.8) is 0 Å². The van der Waals surface area contributed by atoms with Gasteiger partial charge in [-0.1, -0.05) is 30.3 Å². The Morgan fingerprint density at radius 3 is 2.17 bits per heavy atom. The molecule has 0 saturated heterocycles. The number of rotatable bonds is 10. The first-order chi connectivity index (χ1) is 19.1. The fourth-order valence-corrected chi connectivity index (χ4v) is 4.64. The van der Waals surface area contributed by atoms with Crippen molar-refractivity contribution in [2.75, 3.05) is 17.7 Å². The molecule has 4 rings (SSSR count). The van der Waals surface area contributed by atoms with Crippen molar-refractivity contribution in [1.82, 2.24) is 10.2 Å². The molecule has 40 heavy (non-hydrogen) atoms. The second-order valence-electron chi connectivity index (χ2n) is 9.67. The first kappa shape index (κ1) is 28.1. The molecule has 1 heterocycles. The topological polar surface area (TPSA) is 168 Å². The lowest BCUT2D eigenvalue weighted by Crippen LogP contribution is -2.46. The number of aromatic hydroxyl groups is 1. The number of phenols is 1. The van der Waals surface area contributed by atoms with Crippen LogP contribution < -0.4 is 16.0 Å². The zero-order valence-corrected chi connectivity index (χ0v) is 21.8. The van der Waals surface area contributed by atoms with E-state index < -0.39 is 36.0 Å². The van der Waals surface area contributed by atoms with Crippen molar-refractivity contribution >= 4 is 35.3 Å². The number of urea groups is 1. The highest BCUT2D eigenvalue weighted by molar-refractivity contribution is 6.00. The van der Waals surface area contributed by atoms with Crippen LogP contribution in [0.1, 0.15) is 34.7 Å². The molecule has 2 atom stereocenters. The average Bonchev–Trinajstić information content (AvgIpc) is 3.24. The molecule has 3 aromatic rings. The maximum atomic E-state index is 13.2. The fraction of sp³-hybridized carbons (Fsp3) is 0.241.